The number of imidazole rings is 1. The maximum Gasteiger partial charge on any atom is 0.244 e. The van der Waals surface area contributed by atoms with E-state index >= 15 is 0 Å². The average Bonchev–Trinajstić information content (AvgIpc) is 3.09. The number of carbonyl (C=O) groups excluding carboxylic acids is 1. The zero-order chi connectivity index (χ0) is 17.1. The predicted molar refractivity (Wildman–Crippen MR) is 98.4 cm³/mol. The van der Waals surface area contributed by atoms with E-state index in [1.165, 1.54) is 18.2 Å². The van der Waals surface area contributed by atoms with Gasteiger partial charge >= 0.3 is 0 Å². The monoisotopic (exact) mass is 407 g/mol. The number of amides is 1. The second kappa shape index (κ2) is 7.27. The molecule has 0 radical (unpaired) electrons. The van der Waals surface area contributed by atoms with Crippen molar-refractivity contribution < 1.29 is 9.18 Å². The van der Waals surface area contributed by atoms with Gasteiger partial charge in [-0.2, -0.15) is 0 Å². The molecule has 1 amide bonds. The molecular weight excluding hydrogens is 393 g/mol. The summed E-state index contributed by atoms with van der Waals surface area (Å²) < 4.78 is 16.2. The van der Waals surface area contributed by atoms with E-state index in [2.05, 4.69) is 26.2 Å². The number of benzene rings is 1. The summed E-state index contributed by atoms with van der Waals surface area (Å²) in [6.07, 6.45) is 3.88. The lowest BCUT2D eigenvalue weighted by Gasteiger charge is -2.03. The van der Waals surface area contributed by atoms with Crippen LogP contribution in [0.15, 0.2) is 40.2 Å². The van der Waals surface area contributed by atoms with Gasteiger partial charge < -0.3 is 9.88 Å². The van der Waals surface area contributed by atoms with Crippen molar-refractivity contribution >= 4 is 50.3 Å². The van der Waals surface area contributed by atoms with Crippen molar-refractivity contribution in [3.63, 3.8) is 0 Å². The van der Waals surface area contributed by atoms with Gasteiger partial charge in [0.25, 0.3) is 0 Å². The van der Waals surface area contributed by atoms with E-state index < -0.39 is 0 Å². The van der Waals surface area contributed by atoms with Gasteiger partial charge in [0.2, 0.25) is 5.91 Å². The highest BCUT2D eigenvalue weighted by Gasteiger charge is 2.08. The quantitative estimate of drug-likeness (QED) is 0.651. The first-order valence-corrected chi connectivity index (χ1v) is 8.96. The normalized spacial score (nSPS) is 11.5. The van der Waals surface area contributed by atoms with Gasteiger partial charge in [-0.15, -0.1) is 11.3 Å². The van der Waals surface area contributed by atoms with E-state index in [4.69, 9.17) is 0 Å². The third-order valence-electron chi connectivity index (χ3n) is 3.58. The first kappa shape index (κ1) is 16.9. The molecule has 0 fully saturated rings. The molecule has 0 aliphatic heterocycles. The maximum atomic E-state index is 13.2. The fraction of sp³-hybridized carbons (Fsp3) is 0.176. The summed E-state index contributed by atoms with van der Waals surface area (Å²) >= 11 is 4.95. The zero-order valence-corrected chi connectivity index (χ0v) is 15.3. The van der Waals surface area contributed by atoms with Crippen LogP contribution in [0.5, 0.6) is 0 Å². The number of hydrogen-bond donors (Lipinski definition) is 1. The Labute approximate surface area is 151 Å². The van der Waals surface area contributed by atoms with Gasteiger partial charge in [0, 0.05) is 37.0 Å². The third-order valence-corrected chi connectivity index (χ3v) is 5.17. The SMILES string of the molecule is Cn1c(CCNC(=O)C=Cc2ccc(Br)s2)nc2cc(F)ccc21. The molecule has 0 aliphatic rings. The van der Waals surface area contributed by atoms with Crippen LogP contribution >= 0.6 is 27.3 Å². The van der Waals surface area contributed by atoms with Crippen LogP contribution in [0.25, 0.3) is 17.1 Å². The molecule has 2 aromatic heterocycles. The Morgan fingerprint density at radius 1 is 1.42 bits per heavy atom. The Morgan fingerprint density at radius 2 is 2.25 bits per heavy atom. The van der Waals surface area contributed by atoms with E-state index in [-0.39, 0.29) is 11.7 Å². The summed E-state index contributed by atoms with van der Waals surface area (Å²) in [5, 5.41) is 2.83. The number of carbonyl (C=O) groups is 1. The van der Waals surface area contributed by atoms with Crippen LogP contribution in [0, 0.1) is 5.82 Å². The molecule has 2 heterocycles. The van der Waals surface area contributed by atoms with E-state index in [0.717, 1.165) is 20.0 Å². The Balaban J connectivity index is 1.57. The van der Waals surface area contributed by atoms with Crippen molar-refractivity contribution in [2.75, 3.05) is 6.54 Å². The van der Waals surface area contributed by atoms with Gasteiger partial charge in [0.15, 0.2) is 0 Å². The fourth-order valence-electron chi connectivity index (χ4n) is 2.38. The number of halogens is 2. The van der Waals surface area contributed by atoms with Gasteiger partial charge in [0.1, 0.15) is 11.6 Å². The lowest BCUT2D eigenvalue weighted by atomic mass is 10.3. The molecular formula is C17H15BrFN3OS. The molecule has 0 spiro atoms. The number of nitrogens with zero attached hydrogens (tertiary/aromatic N) is 2. The molecule has 24 heavy (non-hydrogen) atoms. The summed E-state index contributed by atoms with van der Waals surface area (Å²) in [4.78, 5) is 17.3. The van der Waals surface area contributed by atoms with E-state index in [9.17, 15) is 9.18 Å². The topological polar surface area (TPSA) is 46.9 Å². The van der Waals surface area contributed by atoms with E-state index in [1.54, 1.807) is 23.5 Å². The fourth-order valence-corrected chi connectivity index (χ4v) is 3.70. The molecule has 0 aliphatic carbocycles. The largest absolute Gasteiger partial charge is 0.352 e. The molecule has 0 bridgehead atoms. The minimum absolute atomic E-state index is 0.149. The van der Waals surface area contributed by atoms with Crippen molar-refractivity contribution in [1.82, 2.24) is 14.9 Å². The second-order valence-corrected chi connectivity index (χ2v) is 7.73. The number of nitrogens with one attached hydrogen (secondary N) is 1. The molecule has 0 saturated heterocycles. The van der Waals surface area contributed by atoms with Crippen LogP contribution in [0.1, 0.15) is 10.7 Å². The molecule has 0 atom stereocenters. The summed E-state index contributed by atoms with van der Waals surface area (Å²) in [5.41, 5.74) is 1.50. The van der Waals surface area contributed by atoms with Gasteiger partial charge in [-0.1, -0.05) is 0 Å². The molecule has 0 saturated carbocycles. The van der Waals surface area contributed by atoms with Crippen molar-refractivity contribution in [2.45, 2.75) is 6.42 Å². The highest BCUT2D eigenvalue weighted by atomic mass is 79.9. The highest BCUT2D eigenvalue weighted by Crippen LogP contribution is 2.22. The van der Waals surface area contributed by atoms with Crippen molar-refractivity contribution in [2.24, 2.45) is 7.05 Å². The number of rotatable bonds is 5. The zero-order valence-electron chi connectivity index (χ0n) is 12.9. The van der Waals surface area contributed by atoms with Crippen LogP contribution in [-0.2, 0) is 18.3 Å². The Morgan fingerprint density at radius 3 is 3.00 bits per heavy atom. The molecule has 3 rings (SSSR count). The minimum Gasteiger partial charge on any atom is -0.352 e. The lowest BCUT2D eigenvalue weighted by molar-refractivity contribution is -0.116. The first-order valence-electron chi connectivity index (χ1n) is 7.35. The van der Waals surface area contributed by atoms with Gasteiger partial charge in [-0.25, -0.2) is 9.37 Å². The highest BCUT2D eigenvalue weighted by molar-refractivity contribution is 9.11. The number of aromatic nitrogens is 2. The molecule has 124 valence electrons. The molecule has 3 aromatic rings. The Kier molecular flexibility index (Phi) is 5.11. The Hall–Kier alpha value is -1.99. The summed E-state index contributed by atoms with van der Waals surface area (Å²) in [6, 6.07) is 8.43. The lowest BCUT2D eigenvalue weighted by Crippen LogP contribution is -2.24. The van der Waals surface area contributed by atoms with Crippen molar-refractivity contribution in [3.8, 4) is 0 Å². The van der Waals surface area contributed by atoms with Crippen LogP contribution in [0.2, 0.25) is 0 Å². The molecule has 0 unspecified atom stereocenters. The molecule has 1 aromatic carbocycles. The second-order valence-electron chi connectivity index (χ2n) is 5.24. The van der Waals surface area contributed by atoms with Crippen LogP contribution in [0.3, 0.4) is 0 Å². The Bertz CT molecular complexity index is 916. The number of hydrogen-bond acceptors (Lipinski definition) is 3. The summed E-state index contributed by atoms with van der Waals surface area (Å²) in [7, 11) is 1.89. The van der Waals surface area contributed by atoms with Gasteiger partial charge in [-0.05, 0) is 46.3 Å². The standard InChI is InChI=1S/C17H15BrFN3OS/c1-22-14-5-2-11(19)10-13(14)21-16(22)8-9-20-17(23)7-4-12-3-6-15(18)24-12/h2-7,10H,8-9H2,1H3,(H,20,23). The average molecular weight is 408 g/mol. The third kappa shape index (κ3) is 3.91. The smallest absolute Gasteiger partial charge is 0.244 e. The first-order chi connectivity index (χ1) is 11.5. The maximum absolute atomic E-state index is 13.2. The van der Waals surface area contributed by atoms with Crippen molar-refractivity contribution in [1.29, 1.82) is 0 Å². The van der Waals surface area contributed by atoms with Crippen LogP contribution in [-0.4, -0.2) is 22.0 Å². The van der Waals surface area contributed by atoms with Crippen molar-refractivity contribution in [3.05, 3.63) is 56.7 Å². The number of thiophene rings is 1. The summed E-state index contributed by atoms with van der Waals surface area (Å²) in [6.45, 7) is 0.469. The predicted octanol–water partition coefficient (Wildman–Crippen LogP) is 3.91. The van der Waals surface area contributed by atoms with E-state index in [1.807, 2.05) is 23.7 Å². The van der Waals surface area contributed by atoms with Crippen LogP contribution in [0.4, 0.5) is 4.39 Å². The van der Waals surface area contributed by atoms with Gasteiger partial charge in [-0.3, -0.25) is 4.79 Å². The van der Waals surface area contributed by atoms with Crippen LogP contribution < -0.4 is 5.32 Å². The van der Waals surface area contributed by atoms with Gasteiger partial charge in [0.05, 0.1) is 14.8 Å². The van der Waals surface area contributed by atoms with E-state index in [0.29, 0.717) is 18.5 Å². The molecule has 7 heteroatoms. The number of fused-ring (bicyclic) bond motifs is 1. The summed E-state index contributed by atoms with van der Waals surface area (Å²) in [5.74, 6) is 0.359. The minimum atomic E-state index is -0.300. The molecule has 1 N–H and O–H groups in total. The molecule has 4 nitrogen and oxygen atoms in total. The number of aryl methyl sites for hydroxylation is 1.